The molecule has 0 saturated carbocycles. The smallest absolute Gasteiger partial charge is 0.0700 e. The van der Waals surface area contributed by atoms with Gasteiger partial charge in [0.1, 0.15) is 0 Å². The number of pyridine rings is 1. The quantitative estimate of drug-likeness (QED) is 0.878. The van der Waals surface area contributed by atoms with Gasteiger partial charge in [-0.25, -0.2) is 0 Å². The molecule has 100 valence electrons. The van der Waals surface area contributed by atoms with Crippen molar-refractivity contribution in [1.29, 1.82) is 0 Å². The maximum absolute atomic E-state index is 5.98. The topological polar surface area (TPSA) is 51.4 Å². The normalized spacial score (nSPS) is 22.9. The number of aryl methyl sites for hydroxylation is 1. The van der Waals surface area contributed by atoms with Crippen molar-refractivity contribution < 1.29 is 4.74 Å². The van der Waals surface area contributed by atoms with Gasteiger partial charge in [0.05, 0.1) is 12.7 Å². The molecular weight excluding hydrogens is 226 g/mol. The average Bonchev–Trinajstić information content (AvgIpc) is 2.42. The summed E-state index contributed by atoms with van der Waals surface area (Å²) in [5.74, 6) is 0. The zero-order valence-electron chi connectivity index (χ0n) is 11.3. The summed E-state index contributed by atoms with van der Waals surface area (Å²) in [6, 6.07) is 2.31. The van der Waals surface area contributed by atoms with Crippen LogP contribution in [0.1, 0.15) is 30.5 Å². The van der Waals surface area contributed by atoms with Gasteiger partial charge < -0.3 is 10.5 Å². The predicted octanol–water partition coefficient (Wildman–Crippen LogP) is 1.50. The molecule has 2 heterocycles. The van der Waals surface area contributed by atoms with Crippen LogP contribution in [0.4, 0.5) is 0 Å². The molecule has 1 saturated heterocycles. The molecule has 0 bridgehead atoms. The molecule has 18 heavy (non-hydrogen) atoms. The maximum Gasteiger partial charge on any atom is 0.0700 e. The van der Waals surface area contributed by atoms with Crippen molar-refractivity contribution in [2.45, 2.75) is 32.4 Å². The minimum Gasteiger partial charge on any atom is -0.376 e. The molecule has 2 unspecified atom stereocenters. The Bertz CT molecular complexity index is 383. The Balaban J connectivity index is 2.15. The van der Waals surface area contributed by atoms with E-state index < -0.39 is 0 Å². The van der Waals surface area contributed by atoms with Crippen LogP contribution in [-0.2, 0) is 4.74 Å². The molecule has 1 aromatic heterocycles. The average molecular weight is 249 g/mol. The first kappa shape index (κ1) is 13.5. The summed E-state index contributed by atoms with van der Waals surface area (Å²) in [6.07, 6.45) is 5.17. The van der Waals surface area contributed by atoms with Crippen LogP contribution < -0.4 is 5.73 Å². The van der Waals surface area contributed by atoms with Gasteiger partial charge in [0.25, 0.3) is 0 Å². The Hall–Kier alpha value is -0.970. The predicted molar refractivity (Wildman–Crippen MR) is 72.4 cm³/mol. The molecule has 0 amide bonds. The Morgan fingerprint density at radius 1 is 1.61 bits per heavy atom. The second-order valence-electron chi connectivity index (χ2n) is 4.88. The van der Waals surface area contributed by atoms with E-state index >= 15 is 0 Å². The molecule has 4 heteroatoms. The van der Waals surface area contributed by atoms with Gasteiger partial charge in [-0.2, -0.15) is 0 Å². The standard InChI is InChI=1S/C14H23N3O/c1-3-12-10-17(6-7-18-12)14(8-15)13-9-16-5-4-11(13)2/h4-5,9,12,14H,3,6-8,10,15H2,1-2H3. The van der Waals surface area contributed by atoms with E-state index in [0.717, 1.165) is 26.1 Å². The van der Waals surface area contributed by atoms with Crippen LogP contribution in [0, 0.1) is 6.92 Å². The Labute approximate surface area is 109 Å². The highest BCUT2D eigenvalue weighted by atomic mass is 16.5. The number of nitrogens with two attached hydrogens (primary N) is 1. The third-order valence-electron chi connectivity index (χ3n) is 3.73. The first-order chi connectivity index (χ1) is 8.76. The van der Waals surface area contributed by atoms with Crippen LogP contribution >= 0.6 is 0 Å². The van der Waals surface area contributed by atoms with Gasteiger partial charge in [-0.3, -0.25) is 9.88 Å². The summed E-state index contributed by atoms with van der Waals surface area (Å²) in [7, 11) is 0. The molecule has 0 radical (unpaired) electrons. The number of rotatable bonds is 4. The van der Waals surface area contributed by atoms with E-state index in [1.165, 1.54) is 11.1 Å². The molecule has 1 aliphatic rings. The number of nitrogens with zero attached hydrogens (tertiary/aromatic N) is 2. The Kier molecular flexibility index (Phi) is 4.69. The Morgan fingerprint density at radius 3 is 3.11 bits per heavy atom. The van der Waals surface area contributed by atoms with Crippen molar-refractivity contribution in [3.05, 3.63) is 29.6 Å². The Morgan fingerprint density at radius 2 is 2.44 bits per heavy atom. The summed E-state index contributed by atoms with van der Waals surface area (Å²) in [6.45, 7) is 7.63. The van der Waals surface area contributed by atoms with Gasteiger partial charge >= 0.3 is 0 Å². The van der Waals surface area contributed by atoms with Crippen LogP contribution in [-0.4, -0.2) is 42.2 Å². The van der Waals surface area contributed by atoms with Gasteiger partial charge in [-0.1, -0.05) is 6.92 Å². The van der Waals surface area contributed by atoms with Gasteiger partial charge in [0, 0.05) is 38.1 Å². The van der Waals surface area contributed by atoms with E-state index in [2.05, 4.69) is 29.8 Å². The van der Waals surface area contributed by atoms with E-state index in [0.29, 0.717) is 12.6 Å². The van der Waals surface area contributed by atoms with Crippen molar-refractivity contribution in [2.24, 2.45) is 5.73 Å². The molecule has 0 spiro atoms. The molecule has 0 aromatic carbocycles. The van der Waals surface area contributed by atoms with Crippen LogP contribution in [0.2, 0.25) is 0 Å². The lowest BCUT2D eigenvalue weighted by atomic mass is 10.0. The summed E-state index contributed by atoms with van der Waals surface area (Å²) >= 11 is 0. The minimum absolute atomic E-state index is 0.261. The van der Waals surface area contributed by atoms with E-state index in [-0.39, 0.29) is 6.04 Å². The van der Waals surface area contributed by atoms with Crippen LogP contribution in [0.15, 0.2) is 18.5 Å². The largest absolute Gasteiger partial charge is 0.376 e. The third-order valence-corrected chi connectivity index (χ3v) is 3.73. The molecule has 2 N–H and O–H groups in total. The molecule has 1 fully saturated rings. The fourth-order valence-corrected chi connectivity index (χ4v) is 2.57. The molecular formula is C14H23N3O. The van der Waals surface area contributed by atoms with E-state index in [4.69, 9.17) is 10.5 Å². The minimum atomic E-state index is 0.261. The van der Waals surface area contributed by atoms with Gasteiger partial charge in [0.15, 0.2) is 0 Å². The van der Waals surface area contributed by atoms with Crippen LogP contribution in [0.25, 0.3) is 0 Å². The van der Waals surface area contributed by atoms with E-state index in [9.17, 15) is 0 Å². The second kappa shape index (κ2) is 6.27. The van der Waals surface area contributed by atoms with Gasteiger partial charge in [-0.15, -0.1) is 0 Å². The molecule has 0 aliphatic carbocycles. The number of hydrogen-bond acceptors (Lipinski definition) is 4. The first-order valence-electron chi connectivity index (χ1n) is 6.72. The van der Waals surface area contributed by atoms with Crippen molar-refractivity contribution in [3.8, 4) is 0 Å². The van der Waals surface area contributed by atoms with Crippen molar-refractivity contribution in [1.82, 2.24) is 9.88 Å². The first-order valence-corrected chi connectivity index (χ1v) is 6.72. The number of ether oxygens (including phenoxy) is 1. The monoisotopic (exact) mass is 249 g/mol. The van der Waals surface area contributed by atoms with Gasteiger partial charge in [0.2, 0.25) is 0 Å². The summed E-state index contributed by atoms with van der Waals surface area (Å²) in [4.78, 5) is 6.67. The maximum atomic E-state index is 5.98. The number of hydrogen-bond donors (Lipinski definition) is 1. The lowest BCUT2D eigenvalue weighted by Crippen LogP contribution is -2.46. The SMILES string of the molecule is CCC1CN(C(CN)c2cnccc2C)CCO1. The second-order valence-corrected chi connectivity index (χ2v) is 4.88. The molecule has 2 atom stereocenters. The zero-order valence-corrected chi connectivity index (χ0v) is 11.3. The molecule has 1 aliphatic heterocycles. The summed E-state index contributed by atoms with van der Waals surface area (Å²) < 4.78 is 5.72. The molecule has 2 rings (SSSR count). The molecule has 1 aromatic rings. The fraction of sp³-hybridized carbons (Fsp3) is 0.643. The van der Waals surface area contributed by atoms with Crippen molar-refractivity contribution >= 4 is 0 Å². The number of aromatic nitrogens is 1. The van der Waals surface area contributed by atoms with Crippen LogP contribution in [0.3, 0.4) is 0 Å². The summed E-state index contributed by atoms with van der Waals surface area (Å²) in [5.41, 5.74) is 8.49. The fourth-order valence-electron chi connectivity index (χ4n) is 2.57. The zero-order chi connectivity index (χ0) is 13.0. The van der Waals surface area contributed by atoms with E-state index in [1.807, 2.05) is 12.4 Å². The lowest BCUT2D eigenvalue weighted by Gasteiger charge is -2.38. The highest BCUT2D eigenvalue weighted by Gasteiger charge is 2.26. The number of morpholine rings is 1. The van der Waals surface area contributed by atoms with Gasteiger partial charge in [-0.05, 0) is 30.5 Å². The van der Waals surface area contributed by atoms with E-state index in [1.54, 1.807) is 0 Å². The lowest BCUT2D eigenvalue weighted by molar-refractivity contribution is -0.0438. The molecule has 4 nitrogen and oxygen atoms in total. The summed E-state index contributed by atoms with van der Waals surface area (Å²) in [5, 5.41) is 0. The van der Waals surface area contributed by atoms with Crippen molar-refractivity contribution in [2.75, 3.05) is 26.2 Å². The third kappa shape index (κ3) is 2.88. The highest BCUT2D eigenvalue weighted by Crippen LogP contribution is 2.24. The van der Waals surface area contributed by atoms with Crippen molar-refractivity contribution in [3.63, 3.8) is 0 Å². The van der Waals surface area contributed by atoms with Crippen LogP contribution in [0.5, 0.6) is 0 Å². The highest BCUT2D eigenvalue weighted by molar-refractivity contribution is 5.25.